The zero-order valence-corrected chi connectivity index (χ0v) is 23.3. The first kappa shape index (κ1) is 26.7. The molecule has 2 fully saturated rings. The summed E-state index contributed by atoms with van der Waals surface area (Å²) in [4.78, 5) is 36.7. The van der Waals surface area contributed by atoms with Crippen LogP contribution in [0.5, 0.6) is 0 Å². The van der Waals surface area contributed by atoms with E-state index in [2.05, 4.69) is 34.4 Å². The normalized spacial score (nSPS) is 18.0. The summed E-state index contributed by atoms with van der Waals surface area (Å²) in [5.41, 5.74) is 3.65. The van der Waals surface area contributed by atoms with E-state index >= 15 is 0 Å². The van der Waals surface area contributed by atoms with Gasteiger partial charge in [0.2, 0.25) is 0 Å². The number of hydrogen-bond donors (Lipinski definition) is 2. The summed E-state index contributed by atoms with van der Waals surface area (Å²) < 4.78 is 7.47. The van der Waals surface area contributed by atoms with Crippen LogP contribution in [0.4, 0.5) is 22.0 Å². The second-order valence-corrected chi connectivity index (χ2v) is 10.5. The molecule has 212 valence electrons. The largest absolute Gasteiger partial charge is 0.377 e. The number of benzene rings is 2. The molecule has 2 aliphatic heterocycles. The lowest BCUT2D eigenvalue weighted by atomic mass is 10.1. The molecule has 11 nitrogen and oxygen atoms in total. The Morgan fingerprint density at radius 1 is 0.902 bits per heavy atom. The number of carbonyl (C=O) groups is 2. The fraction of sp³-hybridized carbons (Fsp3) is 0.333. The van der Waals surface area contributed by atoms with Crippen LogP contribution in [0.25, 0.3) is 16.9 Å². The van der Waals surface area contributed by atoms with E-state index in [4.69, 9.17) is 14.8 Å². The highest BCUT2D eigenvalue weighted by Crippen LogP contribution is 2.27. The van der Waals surface area contributed by atoms with Crippen molar-refractivity contribution in [1.82, 2.24) is 24.4 Å². The number of anilines is 3. The third-order valence-electron chi connectivity index (χ3n) is 7.59. The Bertz CT molecular complexity index is 1530. The number of aromatic nitrogens is 3. The van der Waals surface area contributed by atoms with Gasteiger partial charge in [0, 0.05) is 61.4 Å². The highest BCUT2D eigenvalue weighted by Gasteiger charge is 2.24. The Morgan fingerprint density at radius 2 is 1.59 bits per heavy atom. The molecule has 4 heterocycles. The summed E-state index contributed by atoms with van der Waals surface area (Å²) in [6.45, 7) is 7.41. The second kappa shape index (κ2) is 11.6. The lowest BCUT2D eigenvalue weighted by molar-refractivity contribution is 0.0664. The quantitative estimate of drug-likeness (QED) is 0.388. The molecule has 0 saturated carbocycles. The van der Waals surface area contributed by atoms with Gasteiger partial charge < -0.3 is 30.1 Å². The van der Waals surface area contributed by atoms with E-state index < -0.39 is 0 Å². The Labute approximate surface area is 238 Å². The van der Waals surface area contributed by atoms with Crippen molar-refractivity contribution >= 4 is 34.6 Å². The average molecular weight is 555 g/mol. The summed E-state index contributed by atoms with van der Waals surface area (Å²) in [5.74, 6) is 1.50. The minimum Gasteiger partial charge on any atom is -0.377 e. The molecule has 4 aromatic rings. The highest BCUT2D eigenvalue weighted by molar-refractivity contribution is 6.00. The van der Waals surface area contributed by atoms with E-state index in [1.807, 2.05) is 52.0 Å². The van der Waals surface area contributed by atoms with Crippen LogP contribution in [0, 0.1) is 0 Å². The van der Waals surface area contributed by atoms with Gasteiger partial charge in [-0.15, -0.1) is 5.10 Å². The maximum absolute atomic E-state index is 12.8. The van der Waals surface area contributed by atoms with Gasteiger partial charge in [-0.2, -0.15) is 0 Å². The van der Waals surface area contributed by atoms with Gasteiger partial charge in [0.1, 0.15) is 5.52 Å². The number of rotatable bonds is 5. The monoisotopic (exact) mass is 554 g/mol. The van der Waals surface area contributed by atoms with Gasteiger partial charge in [-0.1, -0.05) is 0 Å². The van der Waals surface area contributed by atoms with Crippen LogP contribution in [0.2, 0.25) is 0 Å². The third kappa shape index (κ3) is 5.86. The van der Waals surface area contributed by atoms with Gasteiger partial charge in [0.25, 0.3) is 5.91 Å². The van der Waals surface area contributed by atoms with E-state index in [9.17, 15) is 9.59 Å². The zero-order chi connectivity index (χ0) is 28.3. The topological polar surface area (TPSA) is 107 Å². The molecule has 41 heavy (non-hydrogen) atoms. The van der Waals surface area contributed by atoms with Crippen LogP contribution in [-0.4, -0.2) is 95.4 Å². The number of fused-ring (bicyclic) bond motifs is 1. The molecule has 0 bridgehead atoms. The van der Waals surface area contributed by atoms with Crippen molar-refractivity contribution in [2.75, 3.05) is 68.5 Å². The van der Waals surface area contributed by atoms with Gasteiger partial charge in [-0.25, -0.2) is 14.3 Å². The Hall–Kier alpha value is -4.48. The maximum atomic E-state index is 12.8. The second-order valence-electron chi connectivity index (χ2n) is 10.5. The minimum atomic E-state index is -0.371. The molecule has 2 aromatic carbocycles. The number of ether oxygens (including phenoxy) is 1. The van der Waals surface area contributed by atoms with Crippen LogP contribution in [-0.2, 0) is 4.74 Å². The molecule has 11 heteroatoms. The zero-order valence-electron chi connectivity index (χ0n) is 23.3. The van der Waals surface area contributed by atoms with Crippen molar-refractivity contribution in [3.8, 4) is 11.4 Å². The van der Waals surface area contributed by atoms with Gasteiger partial charge in [0.05, 0.1) is 19.3 Å². The summed E-state index contributed by atoms with van der Waals surface area (Å²) in [6, 6.07) is 18.3. The molecule has 0 spiro atoms. The first-order valence-electron chi connectivity index (χ1n) is 13.9. The highest BCUT2D eigenvalue weighted by atomic mass is 16.5. The van der Waals surface area contributed by atoms with Crippen LogP contribution >= 0.6 is 0 Å². The fourth-order valence-electron chi connectivity index (χ4n) is 5.18. The first-order valence-corrected chi connectivity index (χ1v) is 13.9. The number of nitrogens with zero attached hydrogens (tertiary/aromatic N) is 6. The molecule has 0 radical (unpaired) electrons. The van der Waals surface area contributed by atoms with Crippen LogP contribution < -0.4 is 15.5 Å². The number of morpholine rings is 1. The lowest BCUT2D eigenvalue weighted by Crippen LogP contribution is -2.47. The number of piperazine rings is 1. The van der Waals surface area contributed by atoms with Gasteiger partial charge in [-0.3, -0.25) is 4.79 Å². The molecule has 0 aliphatic carbocycles. The lowest BCUT2D eigenvalue weighted by Gasteiger charge is -2.34. The van der Waals surface area contributed by atoms with Crippen LogP contribution in [0.1, 0.15) is 17.3 Å². The predicted molar refractivity (Wildman–Crippen MR) is 159 cm³/mol. The van der Waals surface area contributed by atoms with E-state index in [0.717, 1.165) is 49.6 Å². The van der Waals surface area contributed by atoms with Gasteiger partial charge in [-0.05, 0) is 74.6 Å². The van der Waals surface area contributed by atoms with Crippen molar-refractivity contribution < 1.29 is 14.3 Å². The van der Waals surface area contributed by atoms with Crippen molar-refractivity contribution in [1.29, 1.82) is 0 Å². The smallest absolute Gasteiger partial charge is 0.323 e. The molecule has 6 rings (SSSR count). The number of likely N-dealkylation sites (N-methyl/N-ethyl adjacent to an activating group) is 1. The van der Waals surface area contributed by atoms with E-state index in [-0.39, 0.29) is 18.0 Å². The third-order valence-corrected chi connectivity index (χ3v) is 7.59. The minimum absolute atomic E-state index is 0.0145. The van der Waals surface area contributed by atoms with Crippen LogP contribution in [0.3, 0.4) is 0 Å². The molecular formula is C30H34N8O3. The molecule has 2 aromatic heterocycles. The standard InChI is InChI=1S/C30H34N8O3/c1-21-20-41-19-18-37(21)28-26-4-3-13-38(26)34-27(33-28)22-5-9-24(10-6-22)31-30(40)32-25-11-7-23(8-12-25)29(39)36-16-14-35(2)15-17-36/h3-13,21H,14-20H2,1-2H3,(H2,31,32,40)/t21-/m1/s1. The Balaban J connectivity index is 1.10. The molecule has 2 aliphatic rings. The molecule has 0 unspecified atom stereocenters. The summed E-state index contributed by atoms with van der Waals surface area (Å²) in [5, 5.41) is 10.4. The molecule has 1 atom stereocenters. The number of hydrogen-bond acceptors (Lipinski definition) is 7. The molecule has 2 N–H and O–H groups in total. The first-order chi connectivity index (χ1) is 19.9. The van der Waals surface area contributed by atoms with Crippen molar-refractivity contribution in [2.24, 2.45) is 0 Å². The van der Waals surface area contributed by atoms with Crippen molar-refractivity contribution in [3.05, 3.63) is 72.4 Å². The SMILES string of the molecule is C[C@@H]1COCCN1c1nc(-c2ccc(NC(=O)Nc3ccc(C(=O)N4CCN(C)CC4)cc3)cc2)nn2cccc12. The van der Waals surface area contributed by atoms with Gasteiger partial charge in [0.15, 0.2) is 11.6 Å². The average Bonchev–Trinajstić information content (AvgIpc) is 3.47. The predicted octanol–water partition coefficient (Wildman–Crippen LogP) is 3.65. The Morgan fingerprint density at radius 3 is 2.27 bits per heavy atom. The van der Waals surface area contributed by atoms with Crippen molar-refractivity contribution in [3.63, 3.8) is 0 Å². The fourth-order valence-corrected chi connectivity index (χ4v) is 5.18. The number of carbonyl (C=O) groups excluding carboxylic acids is 2. The van der Waals surface area contributed by atoms with E-state index in [1.165, 1.54) is 0 Å². The van der Waals surface area contributed by atoms with E-state index in [0.29, 0.717) is 36.0 Å². The summed E-state index contributed by atoms with van der Waals surface area (Å²) >= 11 is 0. The number of urea groups is 1. The molecule has 3 amide bonds. The van der Waals surface area contributed by atoms with Crippen molar-refractivity contribution in [2.45, 2.75) is 13.0 Å². The summed E-state index contributed by atoms with van der Waals surface area (Å²) in [7, 11) is 2.06. The summed E-state index contributed by atoms with van der Waals surface area (Å²) in [6.07, 6.45) is 1.92. The maximum Gasteiger partial charge on any atom is 0.323 e. The van der Waals surface area contributed by atoms with Crippen LogP contribution in [0.15, 0.2) is 66.9 Å². The molecule has 2 saturated heterocycles. The van der Waals surface area contributed by atoms with Gasteiger partial charge >= 0.3 is 6.03 Å². The van der Waals surface area contributed by atoms with E-state index in [1.54, 1.807) is 24.3 Å². The number of amides is 3. The Kier molecular flexibility index (Phi) is 7.53. The number of nitrogens with one attached hydrogen (secondary N) is 2. The molecular weight excluding hydrogens is 520 g/mol.